The standard InChI is InChI=1S/C15H16BrNOS/c1-9-3-4-11(16)7-12(9)14-17-10(2)13(19-14)15(8-18)5-6-15/h3-4,7,18H,5-6,8H2,1-2H3. The Morgan fingerprint density at radius 3 is 2.74 bits per heavy atom. The molecule has 1 heterocycles. The first-order valence-electron chi connectivity index (χ1n) is 6.41. The molecule has 0 bridgehead atoms. The van der Waals surface area contributed by atoms with Gasteiger partial charge in [0.1, 0.15) is 5.01 Å². The molecule has 0 unspecified atom stereocenters. The highest BCUT2D eigenvalue weighted by atomic mass is 79.9. The average Bonchev–Trinajstić information content (AvgIpc) is 3.10. The van der Waals surface area contributed by atoms with Gasteiger partial charge in [-0.05, 0) is 44.4 Å². The van der Waals surface area contributed by atoms with Gasteiger partial charge in [-0.2, -0.15) is 0 Å². The van der Waals surface area contributed by atoms with Gasteiger partial charge < -0.3 is 5.11 Å². The lowest BCUT2D eigenvalue weighted by Crippen LogP contribution is -2.11. The topological polar surface area (TPSA) is 33.1 Å². The van der Waals surface area contributed by atoms with E-state index < -0.39 is 0 Å². The van der Waals surface area contributed by atoms with Gasteiger partial charge in [0.25, 0.3) is 0 Å². The first-order valence-corrected chi connectivity index (χ1v) is 8.02. The number of halogens is 1. The van der Waals surface area contributed by atoms with Crippen LogP contribution in [0.5, 0.6) is 0 Å². The Bertz CT molecular complexity index is 631. The fourth-order valence-electron chi connectivity index (χ4n) is 2.44. The van der Waals surface area contributed by atoms with Gasteiger partial charge in [-0.15, -0.1) is 11.3 Å². The molecule has 3 rings (SSSR count). The molecule has 1 aliphatic rings. The monoisotopic (exact) mass is 337 g/mol. The summed E-state index contributed by atoms with van der Waals surface area (Å²) >= 11 is 5.26. The van der Waals surface area contributed by atoms with Gasteiger partial charge in [0.15, 0.2) is 0 Å². The lowest BCUT2D eigenvalue weighted by molar-refractivity contribution is 0.256. The van der Waals surface area contributed by atoms with Gasteiger partial charge in [0, 0.05) is 20.3 Å². The van der Waals surface area contributed by atoms with Gasteiger partial charge in [-0.25, -0.2) is 4.98 Å². The van der Waals surface area contributed by atoms with E-state index in [0.717, 1.165) is 28.0 Å². The van der Waals surface area contributed by atoms with E-state index in [9.17, 15) is 5.11 Å². The second-order valence-electron chi connectivity index (χ2n) is 5.33. The minimum absolute atomic E-state index is 0.0138. The molecule has 1 aromatic carbocycles. The number of aliphatic hydroxyl groups excluding tert-OH is 1. The van der Waals surface area contributed by atoms with Gasteiger partial charge in [0.2, 0.25) is 0 Å². The molecule has 1 aromatic heterocycles. The van der Waals surface area contributed by atoms with Crippen LogP contribution in [0.3, 0.4) is 0 Å². The quantitative estimate of drug-likeness (QED) is 0.909. The third kappa shape index (κ3) is 2.26. The summed E-state index contributed by atoms with van der Waals surface area (Å²) in [7, 11) is 0. The average molecular weight is 338 g/mol. The van der Waals surface area contributed by atoms with E-state index in [-0.39, 0.29) is 12.0 Å². The molecule has 1 aliphatic carbocycles. The van der Waals surface area contributed by atoms with E-state index in [1.165, 1.54) is 16.0 Å². The molecule has 1 N–H and O–H groups in total. The predicted octanol–water partition coefficient (Wildman–Crippen LogP) is 4.21. The number of nitrogens with zero attached hydrogens (tertiary/aromatic N) is 1. The molecule has 2 aromatic rings. The number of aliphatic hydroxyl groups is 1. The highest BCUT2D eigenvalue weighted by Gasteiger charge is 2.46. The smallest absolute Gasteiger partial charge is 0.124 e. The fraction of sp³-hybridized carbons (Fsp3) is 0.400. The number of benzene rings is 1. The largest absolute Gasteiger partial charge is 0.395 e. The van der Waals surface area contributed by atoms with Crippen molar-refractivity contribution in [1.82, 2.24) is 4.98 Å². The van der Waals surface area contributed by atoms with Gasteiger partial charge >= 0.3 is 0 Å². The minimum atomic E-state index is 0.0138. The van der Waals surface area contributed by atoms with Gasteiger partial charge in [-0.3, -0.25) is 0 Å². The lowest BCUT2D eigenvalue weighted by Gasteiger charge is -2.08. The number of thiazole rings is 1. The number of rotatable bonds is 3. The normalized spacial score (nSPS) is 16.6. The molecule has 1 fully saturated rings. The van der Waals surface area contributed by atoms with Crippen LogP contribution >= 0.6 is 27.3 Å². The Morgan fingerprint density at radius 2 is 2.11 bits per heavy atom. The van der Waals surface area contributed by atoms with Crippen LogP contribution in [0.15, 0.2) is 22.7 Å². The van der Waals surface area contributed by atoms with Crippen LogP contribution in [0, 0.1) is 13.8 Å². The van der Waals surface area contributed by atoms with E-state index >= 15 is 0 Å². The van der Waals surface area contributed by atoms with Crippen molar-refractivity contribution in [2.75, 3.05) is 6.61 Å². The SMILES string of the molecule is Cc1ccc(Br)cc1-c1nc(C)c(C2(CO)CC2)s1. The summed E-state index contributed by atoms with van der Waals surface area (Å²) in [4.78, 5) is 5.99. The van der Waals surface area contributed by atoms with Crippen LogP contribution in [0.1, 0.15) is 29.0 Å². The maximum Gasteiger partial charge on any atom is 0.124 e. The molecule has 2 nitrogen and oxygen atoms in total. The predicted molar refractivity (Wildman–Crippen MR) is 82.7 cm³/mol. The van der Waals surface area contributed by atoms with Crippen LogP contribution < -0.4 is 0 Å². The van der Waals surface area contributed by atoms with Crippen LogP contribution in [-0.2, 0) is 5.41 Å². The van der Waals surface area contributed by atoms with Crippen LogP contribution in [0.2, 0.25) is 0 Å². The van der Waals surface area contributed by atoms with Crippen LogP contribution in [-0.4, -0.2) is 16.7 Å². The van der Waals surface area contributed by atoms with Crippen LogP contribution in [0.25, 0.3) is 10.6 Å². The summed E-state index contributed by atoms with van der Waals surface area (Å²) < 4.78 is 1.07. The zero-order chi connectivity index (χ0) is 13.6. The molecule has 19 heavy (non-hydrogen) atoms. The summed E-state index contributed by atoms with van der Waals surface area (Å²) in [6.07, 6.45) is 2.17. The lowest BCUT2D eigenvalue weighted by atomic mass is 10.1. The van der Waals surface area contributed by atoms with E-state index in [1.54, 1.807) is 11.3 Å². The molecule has 100 valence electrons. The third-order valence-electron chi connectivity index (χ3n) is 3.86. The van der Waals surface area contributed by atoms with E-state index in [0.29, 0.717) is 0 Å². The number of aryl methyl sites for hydroxylation is 2. The molecule has 0 saturated heterocycles. The zero-order valence-corrected chi connectivity index (χ0v) is 13.4. The maximum atomic E-state index is 9.58. The molecular weight excluding hydrogens is 322 g/mol. The zero-order valence-electron chi connectivity index (χ0n) is 11.0. The minimum Gasteiger partial charge on any atom is -0.395 e. The molecular formula is C15H16BrNOS. The van der Waals surface area contributed by atoms with Crippen LogP contribution in [0.4, 0.5) is 0 Å². The molecule has 0 aliphatic heterocycles. The van der Waals surface area contributed by atoms with Gasteiger partial charge in [0.05, 0.1) is 12.3 Å². The molecule has 0 spiro atoms. The van der Waals surface area contributed by atoms with Crippen molar-refractivity contribution >= 4 is 27.3 Å². The Labute approximate surface area is 125 Å². The third-order valence-corrected chi connectivity index (χ3v) is 5.79. The van der Waals surface area contributed by atoms with Crippen molar-refractivity contribution in [3.05, 3.63) is 38.8 Å². The molecule has 4 heteroatoms. The molecule has 0 amide bonds. The van der Waals surface area contributed by atoms with Gasteiger partial charge in [-0.1, -0.05) is 22.0 Å². The molecule has 1 saturated carbocycles. The number of hydrogen-bond donors (Lipinski definition) is 1. The second-order valence-corrected chi connectivity index (χ2v) is 7.25. The first-order chi connectivity index (χ1) is 9.05. The van der Waals surface area contributed by atoms with Crippen molar-refractivity contribution in [2.24, 2.45) is 0 Å². The maximum absolute atomic E-state index is 9.58. The molecule has 0 radical (unpaired) electrons. The molecule has 0 atom stereocenters. The highest BCUT2D eigenvalue weighted by Crippen LogP contribution is 2.52. The second kappa shape index (κ2) is 4.69. The van der Waals surface area contributed by atoms with E-state index in [2.05, 4.69) is 48.0 Å². The van der Waals surface area contributed by atoms with Crippen molar-refractivity contribution < 1.29 is 5.11 Å². The van der Waals surface area contributed by atoms with Crippen molar-refractivity contribution in [2.45, 2.75) is 32.1 Å². The highest BCUT2D eigenvalue weighted by molar-refractivity contribution is 9.10. The van der Waals surface area contributed by atoms with Crippen molar-refractivity contribution in [3.63, 3.8) is 0 Å². The van der Waals surface area contributed by atoms with Crippen molar-refractivity contribution in [3.8, 4) is 10.6 Å². The Kier molecular flexibility index (Phi) is 3.28. The summed E-state index contributed by atoms with van der Waals surface area (Å²) in [5, 5.41) is 10.6. The number of hydrogen-bond acceptors (Lipinski definition) is 3. The summed E-state index contributed by atoms with van der Waals surface area (Å²) in [6.45, 7) is 4.41. The Morgan fingerprint density at radius 1 is 1.37 bits per heavy atom. The number of aromatic nitrogens is 1. The summed E-state index contributed by atoms with van der Waals surface area (Å²) in [5.41, 5.74) is 3.51. The fourth-order valence-corrected chi connectivity index (χ4v) is 4.18. The van der Waals surface area contributed by atoms with E-state index in [4.69, 9.17) is 4.98 Å². The Hall–Kier alpha value is -0.710. The Balaban J connectivity index is 2.07. The van der Waals surface area contributed by atoms with E-state index in [1.807, 2.05) is 0 Å². The summed E-state index contributed by atoms with van der Waals surface area (Å²) in [5.74, 6) is 0. The first kappa shape index (κ1) is 13.3. The summed E-state index contributed by atoms with van der Waals surface area (Å²) in [6, 6.07) is 6.28. The van der Waals surface area contributed by atoms with Crippen molar-refractivity contribution in [1.29, 1.82) is 0 Å².